The molecule has 2 rings (SSSR count). The van der Waals surface area contributed by atoms with Crippen molar-refractivity contribution in [3.05, 3.63) is 35.4 Å². The third-order valence-electron chi connectivity index (χ3n) is 3.26. The summed E-state index contributed by atoms with van der Waals surface area (Å²) in [6.45, 7) is 3.40. The second-order valence-corrected chi connectivity index (χ2v) is 4.47. The molecule has 0 amide bonds. The summed E-state index contributed by atoms with van der Waals surface area (Å²) in [4.78, 5) is 2.39. The average Bonchev–Trinajstić information content (AvgIpc) is 2.35. The fourth-order valence-corrected chi connectivity index (χ4v) is 2.19. The van der Waals surface area contributed by atoms with Crippen LogP contribution in [0.5, 0.6) is 0 Å². The van der Waals surface area contributed by atoms with Crippen LogP contribution in [-0.2, 0) is 13.0 Å². The van der Waals surface area contributed by atoms with Crippen molar-refractivity contribution in [1.29, 1.82) is 0 Å². The Morgan fingerprint density at radius 3 is 2.81 bits per heavy atom. The van der Waals surface area contributed by atoms with Crippen molar-refractivity contribution in [2.45, 2.75) is 25.5 Å². The van der Waals surface area contributed by atoms with Gasteiger partial charge in [0.05, 0.1) is 6.10 Å². The second-order valence-electron chi connectivity index (χ2n) is 4.47. The van der Waals surface area contributed by atoms with Crippen molar-refractivity contribution in [3.8, 4) is 0 Å². The van der Waals surface area contributed by atoms with Gasteiger partial charge in [0, 0.05) is 26.2 Å². The topological polar surface area (TPSA) is 49.5 Å². The molecule has 16 heavy (non-hydrogen) atoms. The van der Waals surface area contributed by atoms with Crippen LogP contribution in [0.15, 0.2) is 24.3 Å². The van der Waals surface area contributed by atoms with E-state index < -0.39 is 0 Å². The first kappa shape index (κ1) is 11.6. The third kappa shape index (κ3) is 2.82. The van der Waals surface area contributed by atoms with Crippen LogP contribution < -0.4 is 5.73 Å². The predicted octanol–water partition coefficient (Wildman–Crippen LogP) is 0.754. The minimum absolute atomic E-state index is 0.350. The van der Waals surface area contributed by atoms with Gasteiger partial charge >= 0.3 is 0 Å². The van der Waals surface area contributed by atoms with Gasteiger partial charge in [0.15, 0.2) is 0 Å². The SMILES string of the molecule is NCC(O)CCN1CCc2ccccc2C1. The second kappa shape index (κ2) is 5.43. The largest absolute Gasteiger partial charge is 0.392 e. The molecular formula is C13H20N2O. The summed E-state index contributed by atoms with van der Waals surface area (Å²) in [5.74, 6) is 0. The van der Waals surface area contributed by atoms with E-state index in [4.69, 9.17) is 5.73 Å². The van der Waals surface area contributed by atoms with Crippen LogP contribution in [0, 0.1) is 0 Å². The Labute approximate surface area is 96.9 Å². The number of nitrogens with two attached hydrogens (primary N) is 1. The first-order valence-electron chi connectivity index (χ1n) is 5.97. The maximum absolute atomic E-state index is 9.43. The minimum atomic E-state index is -0.350. The van der Waals surface area contributed by atoms with E-state index in [-0.39, 0.29) is 6.10 Å². The van der Waals surface area contributed by atoms with Crippen LogP contribution in [0.3, 0.4) is 0 Å². The summed E-state index contributed by atoms with van der Waals surface area (Å²) in [7, 11) is 0. The molecule has 1 aliphatic heterocycles. The fourth-order valence-electron chi connectivity index (χ4n) is 2.19. The van der Waals surface area contributed by atoms with Gasteiger partial charge in [0.25, 0.3) is 0 Å². The molecule has 0 radical (unpaired) electrons. The highest BCUT2D eigenvalue weighted by molar-refractivity contribution is 5.28. The van der Waals surface area contributed by atoms with Crippen LogP contribution >= 0.6 is 0 Å². The molecule has 0 aromatic heterocycles. The van der Waals surface area contributed by atoms with E-state index in [9.17, 15) is 5.11 Å². The predicted molar refractivity (Wildman–Crippen MR) is 65.1 cm³/mol. The summed E-state index contributed by atoms with van der Waals surface area (Å²) in [5.41, 5.74) is 8.29. The Balaban J connectivity index is 1.88. The van der Waals surface area contributed by atoms with Crippen molar-refractivity contribution in [3.63, 3.8) is 0 Å². The lowest BCUT2D eigenvalue weighted by molar-refractivity contribution is 0.142. The maximum atomic E-state index is 9.43. The van der Waals surface area contributed by atoms with Crippen LogP contribution in [0.2, 0.25) is 0 Å². The molecule has 0 bridgehead atoms. The molecule has 0 aliphatic carbocycles. The molecule has 0 saturated carbocycles. The van der Waals surface area contributed by atoms with E-state index in [0.29, 0.717) is 6.54 Å². The van der Waals surface area contributed by atoms with Gasteiger partial charge in [-0.25, -0.2) is 0 Å². The highest BCUT2D eigenvalue weighted by atomic mass is 16.3. The lowest BCUT2D eigenvalue weighted by Gasteiger charge is -2.29. The summed E-state index contributed by atoms with van der Waals surface area (Å²) in [5, 5.41) is 9.43. The van der Waals surface area contributed by atoms with Gasteiger partial charge in [-0.3, -0.25) is 4.90 Å². The molecule has 3 heteroatoms. The molecule has 1 unspecified atom stereocenters. The number of hydrogen-bond acceptors (Lipinski definition) is 3. The summed E-state index contributed by atoms with van der Waals surface area (Å²) >= 11 is 0. The Kier molecular flexibility index (Phi) is 3.93. The first-order valence-corrected chi connectivity index (χ1v) is 5.97. The molecule has 1 aliphatic rings. The van der Waals surface area contributed by atoms with Crippen molar-refractivity contribution in [2.24, 2.45) is 5.73 Å². The quantitative estimate of drug-likeness (QED) is 0.787. The molecule has 0 spiro atoms. The van der Waals surface area contributed by atoms with E-state index in [1.54, 1.807) is 0 Å². The first-order chi connectivity index (χ1) is 7.79. The van der Waals surface area contributed by atoms with Gasteiger partial charge in [-0.2, -0.15) is 0 Å². The summed E-state index contributed by atoms with van der Waals surface area (Å²) in [6, 6.07) is 8.60. The normalized spacial score (nSPS) is 18.1. The van der Waals surface area contributed by atoms with Crippen LogP contribution in [0.25, 0.3) is 0 Å². The molecule has 3 nitrogen and oxygen atoms in total. The highest BCUT2D eigenvalue weighted by Gasteiger charge is 2.15. The van der Waals surface area contributed by atoms with Gasteiger partial charge in [0.2, 0.25) is 0 Å². The van der Waals surface area contributed by atoms with Gasteiger partial charge in [0.1, 0.15) is 0 Å². The molecule has 1 aromatic carbocycles. The fraction of sp³-hybridized carbons (Fsp3) is 0.538. The summed E-state index contributed by atoms with van der Waals surface area (Å²) < 4.78 is 0. The average molecular weight is 220 g/mol. The van der Waals surface area contributed by atoms with Gasteiger partial charge in [-0.1, -0.05) is 24.3 Å². The summed E-state index contributed by atoms with van der Waals surface area (Å²) in [6.07, 6.45) is 1.55. The zero-order chi connectivity index (χ0) is 11.4. The van der Waals surface area contributed by atoms with E-state index in [0.717, 1.165) is 32.5 Å². The van der Waals surface area contributed by atoms with Crippen molar-refractivity contribution in [1.82, 2.24) is 4.90 Å². The molecule has 3 N–H and O–H groups in total. The van der Waals surface area contributed by atoms with E-state index in [2.05, 4.69) is 29.2 Å². The monoisotopic (exact) mass is 220 g/mol. The Morgan fingerprint density at radius 2 is 2.06 bits per heavy atom. The highest BCUT2D eigenvalue weighted by Crippen LogP contribution is 2.18. The Hall–Kier alpha value is -0.900. The van der Waals surface area contributed by atoms with Crippen LogP contribution in [-0.4, -0.2) is 35.7 Å². The molecule has 0 fully saturated rings. The number of fused-ring (bicyclic) bond motifs is 1. The number of aliphatic hydroxyl groups excluding tert-OH is 1. The Bertz CT molecular complexity index is 340. The van der Waals surface area contributed by atoms with Crippen molar-refractivity contribution in [2.75, 3.05) is 19.6 Å². The zero-order valence-electron chi connectivity index (χ0n) is 9.60. The number of rotatable bonds is 4. The Morgan fingerprint density at radius 1 is 1.31 bits per heavy atom. The van der Waals surface area contributed by atoms with Gasteiger partial charge in [-0.15, -0.1) is 0 Å². The van der Waals surface area contributed by atoms with Gasteiger partial charge in [-0.05, 0) is 24.0 Å². The van der Waals surface area contributed by atoms with Gasteiger partial charge < -0.3 is 10.8 Å². The van der Waals surface area contributed by atoms with Crippen molar-refractivity contribution < 1.29 is 5.11 Å². The molecule has 1 atom stereocenters. The number of aliphatic hydroxyl groups is 1. The minimum Gasteiger partial charge on any atom is -0.392 e. The zero-order valence-corrected chi connectivity index (χ0v) is 9.60. The molecule has 1 aromatic rings. The third-order valence-corrected chi connectivity index (χ3v) is 3.26. The number of nitrogens with zero attached hydrogens (tertiary/aromatic N) is 1. The molecule has 1 heterocycles. The van der Waals surface area contributed by atoms with E-state index in [1.807, 2.05) is 0 Å². The van der Waals surface area contributed by atoms with E-state index in [1.165, 1.54) is 11.1 Å². The molecule has 88 valence electrons. The molecular weight excluding hydrogens is 200 g/mol. The van der Waals surface area contributed by atoms with Crippen LogP contribution in [0.4, 0.5) is 0 Å². The number of hydrogen-bond donors (Lipinski definition) is 2. The van der Waals surface area contributed by atoms with E-state index >= 15 is 0 Å². The lowest BCUT2D eigenvalue weighted by atomic mass is 10.00. The maximum Gasteiger partial charge on any atom is 0.0674 e. The smallest absolute Gasteiger partial charge is 0.0674 e. The molecule has 0 saturated heterocycles. The van der Waals surface area contributed by atoms with Crippen LogP contribution in [0.1, 0.15) is 17.5 Å². The lowest BCUT2D eigenvalue weighted by Crippen LogP contribution is -2.34. The van der Waals surface area contributed by atoms with Crippen molar-refractivity contribution >= 4 is 0 Å². The number of benzene rings is 1. The standard InChI is InChI=1S/C13H20N2O/c14-9-13(16)6-8-15-7-5-11-3-1-2-4-12(11)10-15/h1-4,13,16H,5-10,14H2.